The smallest absolute Gasteiger partial charge is 0.265 e. The van der Waals surface area contributed by atoms with Crippen LogP contribution in [0.1, 0.15) is 24.2 Å². The molecule has 1 aromatic rings. The second-order valence-electron chi connectivity index (χ2n) is 3.55. The number of hydrogen-bond donors (Lipinski definition) is 2. The minimum atomic E-state index is -0.789. The molecule has 0 radical (unpaired) electrons. The van der Waals surface area contributed by atoms with Gasteiger partial charge in [-0.1, -0.05) is 0 Å². The van der Waals surface area contributed by atoms with Crippen LogP contribution in [0.25, 0.3) is 0 Å². The van der Waals surface area contributed by atoms with Crippen LogP contribution in [0.5, 0.6) is 0 Å². The lowest BCUT2D eigenvalue weighted by atomic mass is 10.1. The Labute approximate surface area is 88.1 Å². The van der Waals surface area contributed by atoms with Crippen molar-refractivity contribution in [2.24, 2.45) is 0 Å². The van der Waals surface area contributed by atoms with Gasteiger partial charge in [0.2, 0.25) is 0 Å². The molecule has 0 aliphatic heterocycles. The van der Waals surface area contributed by atoms with Gasteiger partial charge in [0.25, 0.3) is 5.91 Å². The van der Waals surface area contributed by atoms with Crippen LogP contribution in [0.3, 0.4) is 0 Å². The number of rotatable bonds is 3. The Balaban J connectivity index is 2.56. The van der Waals surface area contributed by atoms with E-state index < -0.39 is 5.54 Å². The molecule has 0 fully saturated rings. The zero-order valence-electron chi connectivity index (χ0n) is 8.61. The number of hydrogen-bond acceptors (Lipinski definition) is 4. The SMILES string of the molecule is CC(C)(C#N)NNC(=O)c1ccncc1. The maximum Gasteiger partial charge on any atom is 0.265 e. The van der Waals surface area contributed by atoms with Crippen molar-refractivity contribution in [2.45, 2.75) is 19.4 Å². The normalized spacial score (nSPS) is 10.5. The van der Waals surface area contributed by atoms with Gasteiger partial charge in [-0.25, -0.2) is 5.43 Å². The van der Waals surface area contributed by atoms with Crippen LogP contribution in [-0.4, -0.2) is 16.4 Å². The molecule has 78 valence electrons. The quantitative estimate of drug-likeness (QED) is 0.707. The molecule has 0 atom stereocenters. The maximum absolute atomic E-state index is 11.5. The third-order valence-corrected chi connectivity index (χ3v) is 1.71. The number of hydrazine groups is 1. The molecule has 0 aliphatic rings. The van der Waals surface area contributed by atoms with Crippen molar-refractivity contribution in [3.63, 3.8) is 0 Å². The molecule has 5 nitrogen and oxygen atoms in total. The van der Waals surface area contributed by atoms with Crippen molar-refractivity contribution in [3.05, 3.63) is 30.1 Å². The summed E-state index contributed by atoms with van der Waals surface area (Å²) >= 11 is 0. The van der Waals surface area contributed by atoms with E-state index in [1.807, 2.05) is 6.07 Å². The molecule has 0 aliphatic carbocycles. The Morgan fingerprint density at radius 1 is 1.47 bits per heavy atom. The summed E-state index contributed by atoms with van der Waals surface area (Å²) in [4.78, 5) is 15.3. The topological polar surface area (TPSA) is 77.8 Å². The van der Waals surface area contributed by atoms with Crippen molar-refractivity contribution in [2.75, 3.05) is 0 Å². The molecule has 0 aromatic carbocycles. The highest BCUT2D eigenvalue weighted by Crippen LogP contribution is 1.98. The first-order chi connectivity index (χ1) is 7.05. The Morgan fingerprint density at radius 3 is 2.60 bits per heavy atom. The number of nitrogens with one attached hydrogen (secondary N) is 2. The summed E-state index contributed by atoms with van der Waals surface area (Å²) in [6.07, 6.45) is 3.06. The number of aromatic nitrogens is 1. The summed E-state index contributed by atoms with van der Waals surface area (Å²) in [7, 11) is 0. The lowest BCUT2D eigenvalue weighted by Crippen LogP contribution is -2.49. The lowest BCUT2D eigenvalue weighted by molar-refractivity contribution is 0.0920. The second-order valence-corrected chi connectivity index (χ2v) is 3.55. The predicted molar refractivity (Wildman–Crippen MR) is 54.5 cm³/mol. The van der Waals surface area contributed by atoms with Crippen molar-refractivity contribution in [1.82, 2.24) is 15.8 Å². The van der Waals surface area contributed by atoms with Gasteiger partial charge in [0.1, 0.15) is 5.54 Å². The third-order valence-electron chi connectivity index (χ3n) is 1.71. The van der Waals surface area contributed by atoms with E-state index in [1.165, 1.54) is 12.4 Å². The Hall–Kier alpha value is -1.93. The predicted octanol–water partition coefficient (Wildman–Crippen LogP) is 0.618. The van der Waals surface area contributed by atoms with Crippen LogP contribution in [0.4, 0.5) is 0 Å². The number of carbonyl (C=O) groups excluding carboxylic acids is 1. The van der Waals surface area contributed by atoms with Crippen LogP contribution >= 0.6 is 0 Å². The zero-order chi connectivity index (χ0) is 11.3. The van der Waals surface area contributed by atoms with Gasteiger partial charge in [0.15, 0.2) is 0 Å². The monoisotopic (exact) mass is 204 g/mol. The first kappa shape index (κ1) is 11.1. The van der Waals surface area contributed by atoms with E-state index in [0.717, 1.165) is 0 Å². The largest absolute Gasteiger partial charge is 0.286 e. The van der Waals surface area contributed by atoms with E-state index in [-0.39, 0.29) is 5.91 Å². The average molecular weight is 204 g/mol. The highest BCUT2D eigenvalue weighted by molar-refractivity contribution is 5.93. The van der Waals surface area contributed by atoms with E-state index in [0.29, 0.717) is 5.56 Å². The first-order valence-electron chi connectivity index (χ1n) is 4.44. The summed E-state index contributed by atoms with van der Waals surface area (Å²) in [5.41, 5.74) is 4.78. The van der Waals surface area contributed by atoms with E-state index in [4.69, 9.17) is 5.26 Å². The third kappa shape index (κ3) is 3.37. The van der Waals surface area contributed by atoms with Gasteiger partial charge in [-0.3, -0.25) is 15.2 Å². The molecule has 0 saturated carbocycles. The molecule has 15 heavy (non-hydrogen) atoms. The Morgan fingerprint density at radius 2 is 2.07 bits per heavy atom. The molecule has 0 bridgehead atoms. The van der Waals surface area contributed by atoms with Crippen molar-refractivity contribution >= 4 is 5.91 Å². The van der Waals surface area contributed by atoms with E-state index >= 15 is 0 Å². The Kier molecular flexibility index (Phi) is 3.37. The summed E-state index contributed by atoms with van der Waals surface area (Å²) in [5.74, 6) is -0.291. The van der Waals surface area contributed by atoms with Gasteiger partial charge in [-0.2, -0.15) is 5.26 Å². The zero-order valence-corrected chi connectivity index (χ0v) is 8.61. The van der Waals surface area contributed by atoms with Crippen LogP contribution in [0.2, 0.25) is 0 Å². The summed E-state index contributed by atoms with van der Waals surface area (Å²) in [5, 5.41) is 8.70. The molecule has 0 saturated heterocycles. The van der Waals surface area contributed by atoms with Gasteiger partial charge in [-0.05, 0) is 26.0 Å². The van der Waals surface area contributed by atoms with Gasteiger partial charge < -0.3 is 0 Å². The molecule has 0 unspecified atom stereocenters. The van der Waals surface area contributed by atoms with Crippen LogP contribution in [-0.2, 0) is 0 Å². The lowest BCUT2D eigenvalue weighted by Gasteiger charge is -2.17. The molecule has 5 heteroatoms. The van der Waals surface area contributed by atoms with E-state index in [9.17, 15) is 4.79 Å². The molecule has 2 N–H and O–H groups in total. The molecular weight excluding hydrogens is 192 g/mol. The standard InChI is InChI=1S/C10H12N4O/c1-10(2,7-11)14-13-9(15)8-3-5-12-6-4-8/h3-6,14H,1-2H3,(H,13,15). The van der Waals surface area contributed by atoms with Crippen LogP contribution < -0.4 is 10.9 Å². The van der Waals surface area contributed by atoms with E-state index in [1.54, 1.807) is 26.0 Å². The van der Waals surface area contributed by atoms with Gasteiger partial charge in [0.05, 0.1) is 6.07 Å². The van der Waals surface area contributed by atoms with Crippen LogP contribution in [0, 0.1) is 11.3 Å². The Bertz CT molecular complexity index is 380. The molecule has 0 spiro atoms. The van der Waals surface area contributed by atoms with Crippen molar-refractivity contribution in [3.8, 4) is 6.07 Å². The number of nitriles is 1. The van der Waals surface area contributed by atoms with Crippen molar-refractivity contribution < 1.29 is 4.79 Å². The fourth-order valence-electron chi connectivity index (χ4n) is 0.816. The highest BCUT2D eigenvalue weighted by atomic mass is 16.2. The van der Waals surface area contributed by atoms with Gasteiger partial charge >= 0.3 is 0 Å². The molecule has 1 aromatic heterocycles. The summed E-state index contributed by atoms with van der Waals surface area (Å²) in [6.45, 7) is 3.33. The molecular formula is C10H12N4O. The average Bonchev–Trinajstić information content (AvgIpc) is 2.27. The minimum absolute atomic E-state index is 0.291. The fourth-order valence-corrected chi connectivity index (χ4v) is 0.816. The second kappa shape index (κ2) is 4.53. The van der Waals surface area contributed by atoms with Crippen LogP contribution in [0.15, 0.2) is 24.5 Å². The maximum atomic E-state index is 11.5. The van der Waals surface area contributed by atoms with Crippen molar-refractivity contribution in [1.29, 1.82) is 5.26 Å². The fraction of sp³-hybridized carbons (Fsp3) is 0.300. The minimum Gasteiger partial charge on any atom is -0.286 e. The molecule has 1 amide bonds. The van der Waals surface area contributed by atoms with Gasteiger partial charge in [0, 0.05) is 18.0 Å². The number of carbonyl (C=O) groups is 1. The van der Waals surface area contributed by atoms with Gasteiger partial charge in [-0.15, -0.1) is 0 Å². The number of nitrogens with zero attached hydrogens (tertiary/aromatic N) is 2. The molecule has 1 rings (SSSR count). The summed E-state index contributed by atoms with van der Waals surface area (Å²) < 4.78 is 0. The number of amides is 1. The summed E-state index contributed by atoms with van der Waals surface area (Å²) in [6, 6.07) is 5.20. The first-order valence-corrected chi connectivity index (χ1v) is 4.44. The number of pyridine rings is 1. The molecule has 1 heterocycles. The highest BCUT2D eigenvalue weighted by Gasteiger charge is 2.16. The van der Waals surface area contributed by atoms with E-state index in [2.05, 4.69) is 15.8 Å².